The Kier molecular flexibility index (Phi) is 13.0. The molecule has 0 heterocycles. The molecule has 80 valence electrons. The van der Waals surface area contributed by atoms with E-state index in [1.165, 1.54) is 0 Å². The maximum Gasteiger partial charge on any atom is 0.209 e. The van der Waals surface area contributed by atoms with Gasteiger partial charge >= 0.3 is 0 Å². The minimum absolute atomic E-state index is 0.0648. The molecule has 0 saturated heterocycles. The highest BCUT2D eigenvalue weighted by Crippen LogP contribution is 1.83. The fraction of sp³-hybridized carbons (Fsp3) is 0.889. The Morgan fingerprint density at radius 3 is 1.92 bits per heavy atom. The van der Waals surface area contributed by atoms with Crippen LogP contribution in [0, 0.1) is 0 Å². The monoisotopic (exact) mass is 191 g/mol. The molecule has 0 aromatic carbocycles. The van der Waals surface area contributed by atoms with E-state index >= 15 is 0 Å². The van der Waals surface area contributed by atoms with Crippen molar-refractivity contribution in [3.63, 3.8) is 0 Å². The second-order valence-electron chi connectivity index (χ2n) is 2.63. The number of methoxy groups -OCH3 is 2. The first-order valence-electron chi connectivity index (χ1n) is 4.33. The normalized spacial score (nSPS) is 9.08. The van der Waals surface area contributed by atoms with Crippen molar-refractivity contribution in [2.45, 2.75) is 26.6 Å². The van der Waals surface area contributed by atoms with Crippen LogP contribution in [0.2, 0.25) is 0 Å². The summed E-state index contributed by atoms with van der Waals surface area (Å²) < 4.78 is 9.35. The molecule has 0 bridgehead atoms. The molecule has 0 aromatic rings. The highest BCUT2D eigenvalue weighted by atomic mass is 16.7. The second-order valence-corrected chi connectivity index (χ2v) is 2.63. The Morgan fingerprint density at radius 1 is 1.38 bits per heavy atom. The first-order chi connectivity index (χ1) is 6.12. The molecule has 0 unspecified atom stereocenters. The molecule has 0 spiro atoms. The van der Waals surface area contributed by atoms with E-state index in [2.05, 4.69) is 9.47 Å². The molecule has 4 nitrogen and oxygen atoms in total. The van der Waals surface area contributed by atoms with Gasteiger partial charge in [-0.25, -0.2) is 0 Å². The molecule has 0 rings (SSSR count). The lowest BCUT2D eigenvalue weighted by atomic mass is 10.5. The van der Waals surface area contributed by atoms with Crippen molar-refractivity contribution in [3.05, 3.63) is 0 Å². The van der Waals surface area contributed by atoms with Gasteiger partial charge in [-0.05, 0) is 13.3 Å². The van der Waals surface area contributed by atoms with E-state index in [1.54, 1.807) is 26.2 Å². The lowest BCUT2D eigenvalue weighted by molar-refractivity contribution is -0.117. The predicted octanol–water partition coefficient (Wildman–Crippen LogP) is 1.11. The van der Waals surface area contributed by atoms with Crippen molar-refractivity contribution in [3.8, 4) is 0 Å². The standard InChI is InChI=1S/C5H11NO.C4H10O2/c1-3-4-6(2)5-7;1-4(5-2)6-3/h5H,3-4H2,1-2H3;4H,1-3H3. The largest absolute Gasteiger partial charge is 0.356 e. The van der Waals surface area contributed by atoms with Crippen molar-refractivity contribution in [1.29, 1.82) is 0 Å². The van der Waals surface area contributed by atoms with Gasteiger partial charge in [-0.2, -0.15) is 0 Å². The summed E-state index contributed by atoms with van der Waals surface area (Å²) in [6.07, 6.45) is 1.81. The van der Waals surface area contributed by atoms with E-state index in [0.717, 1.165) is 19.4 Å². The number of ether oxygens (including phenoxy) is 2. The van der Waals surface area contributed by atoms with Crippen LogP contribution in [0.15, 0.2) is 0 Å². The Hall–Kier alpha value is -0.610. The third-order valence-corrected chi connectivity index (χ3v) is 1.42. The molecule has 13 heavy (non-hydrogen) atoms. The maximum atomic E-state index is 9.82. The van der Waals surface area contributed by atoms with Gasteiger partial charge in [0, 0.05) is 27.8 Å². The van der Waals surface area contributed by atoms with Crippen LogP contribution in [-0.4, -0.2) is 45.4 Å². The Balaban J connectivity index is 0. The molecule has 0 saturated carbocycles. The number of carbonyl (C=O) groups is 1. The Bertz CT molecular complexity index is 105. The van der Waals surface area contributed by atoms with E-state index < -0.39 is 0 Å². The molecule has 0 fully saturated rings. The van der Waals surface area contributed by atoms with Crippen LogP contribution in [0.3, 0.4) is 0 Å². The van der Waals surface area contributed by atoms with Gasteiger partial charge < -0.3 is 14.4 Å². The number of carbonyl (C=O) groups excluding carboxylic acids is 1. The number of amides is 1. The van der Waals surface area contributed by atoms with Crippen molar-refractivity contribution in [2.24, 2.45) is 0 Å². The summed E-state index contributed by atoms with van der Waals surface area (Å²) in [7, 11) is 4.98. The average Bonchev–Trinajstić information content (AvgIpc) is 2.18. The van der Waals surface area contributed by atoms with E-state index in [9.17, 15) is 4.79 Å². The number of nitrogens with zero attached hydrogens (tertiary/aromatic N) is 1. The summed E-state index contributed by atoms with van der Waals surface area (Å²) in [5, 5.41) is 0. The van der Waals surface area contributed by atoms with Crippen LogP contribution in [0.5, 0.6) is 0 Å². The minimum atomic E-state index is -0.0648. The Morgan fingerprint density at radius 2 is 1.85 bits per heavy atom. The molecule has 4 heteroatoms. The van der Waals surface area contributed by atoms with Gasteiger partial charge in [0.15, 0.2) is 6.29 Å². The third-order valence-electron chi connectivity index (χ3n) is 1.42. The van der Waals surface area contributed by atoms with Crippen LogP contribution >= 0.6 is 0 Å². The Labute approximate surface area is 80.8 Å². The quantitative estimate of drug-likeness (QED) is 0.482. The summed E-state index contributed by atoms with van der Waals surface area (Å²) in [5.74, 6) is 0. The lowest BCUT2D eigenvalue weighted by Gasteiger charge is -2.05. The SMILES string of the molecule is CCCN(C)C=O.COC(C)OC. The first-order valence-corrected chi connectivity index (χ1v) is 4.33. The van der Waals surface area contributed by atoms with Gasteiger partial charge in [0.2, 0.25) is 6.41 Å². The van der Waals surface area contributed by atoms with Crippen LogP contribution in [0.25, 0.3) is 0 Å². The maximum absolute atomic E-state index is 9.82. The zero-order chi connectivity index (χ0) is 10.7. The topological polar surface area (TPSA) is 38.8 Å². The molecular weight excluding hydrogens is 170 g/mol. The van der Waals surface area contributed by atoms with Crippen LogP contribution in [0.1, 0.15) is 20.3 Å². The predicted molar refractivity (Wildman–Crippen MR) is 52.5 cm³/mol. The highest BCUT2D eigenvalue weighted by molar-refractivity contribution is 5.45. The smallest absolute Gasteiger partial charge is 0.209 e. The van der Waals surface area contributed by atoms with Crippen molar-refractivity contribution >= 4 is 6.41 Å². The van der Waals surface area contributed by atoms with Crippen LogP contribution in [-0.2, 0) is 14.3 Å². The number of hydrogen-bond donors (Lipinski definition) is 0. The second kappa shape index (κ2) is 11.4. The summed E-state index contributed by atoms with van der Waals surface area (Å²) >= 11 is 0. The average molecular weight is 191 g/mol. The zero-order valence-electron chi connectivity index (χ0n) is 9.24. The van der Waals surface area contributed by atoms with Crippen molar-refractivity contribution in [2.75, 3.05) is 27.8 Å². The summed E-state index contributed by atoms with van der Waals surface area (Å²) in [4.78, 5) is 11.4. The van der Waals surface area contributed by atoms with Gasteiger partial charge in [0.25, 0.3) is 0 Å². The van der Waals surface area contributed by atoms with E-state index in [0.29, 0.717) is 0 Å². The molecule has 0 atom stereocenters. The van der Waals surface area contributed by atoms with Gasteiger partial charge in [-0.15, -0.1) is 0 Å². The van der Waals surface area contributed by atoms with Gasteiger partial charge in [0.1, 0.15) is 0 Å². The zero-order valence-corrected chi connectivity index (χ0v) is 9.24. The number of rotatable bonds is 5. The molecule has 1 amide bonds. The molecule has 0 aliphatic carbocycles. The van der Waals surface area contributed by atoms with Crippen LogP contribution in [0.4, 0.5) is 0 Å². The molecule has 0 aliphatic heterocycles. The molecule has 0 radical (unpaired) electrons. The van der Waals surface area contributed by atoms with Crippen LogP contribution < -0.4 is 0 Å². The first kappa shape index (κ1) is 14.9. The van der Waals surface area contributed by atoms with Gasteiger partial charge in [-0.1, -0.05) is 6.92 Å². The summed E-state index contributed by atoms with van der Waals surface area (Å²) in [6.45, 7) is 4.74. The third kappa shape index (κ3) is 14.3. The summed E-state index contributed by atoms with van der Waals surface area (Å²) in [5.41, 5.74) is 0. The summed E-state index contributed by atoms with van der Waals surface area (Å²) in [6, 6.07) is 0. The fourth-order valence-corrected chi connectivity index (χ4v) is 0.502. The molecule has 0 N–H and O–H groups in total. The lowest BCUT2D eigenvalue weighted by Crippen LogP contribution is -2.15. The van der Waals surface area contributed by atoms with Gasteiger partial charge in [-0.3, -0.25) is 4.79 Å². The van der Waals surface area contributed by atoms with Gasteiger partial charge in [0.05, 0.1) is 0 Å². The highest BCUT2D eigenvalue weighted by Gasteiger charge is 1.88. The fourth-order valence-electron chi connectivity index (χ4n) is 0.502. The van der Waals surface area contributed by atoms with Crippen molar-refractivity contribution in [1.82, 2.24) is 4.90 Å². The molecule has 0 aromatic heterocycles. The van der Waals surface area contributed by atoms with E-state index in [4.69, 9.17) is 0 Å². The van der Waals surface area contributed by atoms with Crippen molar-refractivity contribution < 1.29 is 14.3 Å². The number of hydrogen-bond acceptors (Lipinski definition) is 3. The minimum Gasteiger partial charge on any atom is -0.356 e. The molecular formula is C9H21NO3. The van der Waals surface area contributed by atoms with E-state index in [-0.39, 0.29) is 6.29 Å². The van der Waals surface area contributed by atoms with E-state index in [1.807, 2.05) is 13.8 Å². The molecule has 0 aliphatic rings.